The third-order valence-electron chi connectivity index (χ3n) is 3.74. The maximum absolute atomic E-state index is 13.3. The van der Waals surface area contributed by atoms with Gasteiger partial charge in [0.05, 0.1) is 0 Å². The van der Waals surface area contributed by atoms with Gasteiger partial charge in [-0.2, -0.15) is 0 Å². The van der Waals surface area contributed by atoms with Crippen molar-refractivity contribution in [3.63, 3.8) is 0 Å². The number of carbonyl (C=O) groups is 3. The molecule has 2 aromatic carbocycles. The number of hydrogen-bond donors (Lipinski definition) is 3. The molecule has 146 valence electrons. The fourth-order valence-electron chi connectivity index (χ4n) is 2.52. The molecule has 1 aromatic heterocycles. The van der Waals surface area contributed by atoms with Crippen LogP contribution in [-0.4, -0.2) is 22.7 Å². The number of pyridine rings is 1. The Labute approximate surface area is 166 Å². The van der Waals surface area contributed by atoms with Crippen molar-refractivity contribution in [1.29, 1.82) is 0 Å². The number of hydrogen-bond acceptors (Lipinski definition) is 4. The van der Waals surface area contributed by atoms with E-state index >= 15 is 0 Å². The summed E-state index contributed by atoms with van der Waals surface area (Å²) in [5.74, 6) is -1.80. The minimum Gasteiger partial charge on any atom is -0.326 e. The monoisotopic (exact) mass is 392 g/mol. The topological polar surface area (TPSA) is 100 Å². The Bertz CT molecular complexity index is 1080. The molecule has 3 rings (SSSR count). The molecule has 3 amide bonds. The largest absolute Gasteiger partial charge is 0.326 e. The predicted molar refractivity (Wildman–Crippen MR) is 107 cm³/mol. The zero-order valence-corrected chi connectivity index (χ0v) is 15.4. The van der Waals surface area contributed by atoms with Crippen molar-refractivity contribution in [3.8, 4) is 0 Å². The highest BCUT2D eigenvalue weighted by atomic mass is 19.1. The van der Waals surface area contributed by atoms with Crippen LogP contribution in [0.1, 0.15) is 27.9 Å². The van der Waals surface area contributed by atoms with Gasteiger partial charge in [0.15, 0.2) is 0 Å². The summed E-state index contributed by atoms with van der Waals surface area (Å²) in [6.45, 7) is 1.38. The average Bonchev–Trinajstić information content (AvgIpc) is 2.68. The lowest BCUT2D eigenvalue weighted by atomic mass is 10.2. The molecular weight excluding hydrogens is 375 g/mol. The molecule has 3 aromatic rings. The molecule has 0 radical (unpaired) electrons. The van der Waals surface area contributed by atoms with Crippen LogP contribution < -0.4 is 16.0 Å². The van der Waals surface area contributed by atoms with Crippen molar-refractivity contribution in [1.82, 2.24) is 4.98 Å². The van der Waals surface area contributed by atoms with Gasteiger partial charge in [0.1, 0.15) is 17.2 Å². The first kappa shape index (κ1) is 19.7. The summed E-state index contributed by atoms with van der Waals surface area (Å²) in [4.78, 5) is 40.0. The molecule has 0 aliphatic rings. The van der Waals surface area contributed by atoms with Gasteiger partial charge in [-0.05, 0) is 48.5 Å². The van der Waals surface area contributed by atoms with Crippen LogP contribution >= 0.6 is 0 Å². The Morgan fingerprint density at radius 3 is 1.76 bits per heavy atom. The van der Waals surface area contributed by atoms with Crippen LogP contribution in [0.25, 0.3) is 0 Å². The van der Waals surface area contributed by atoms with Gasteiger partial charge in [0.2, 0.25) is 5.91 Å². The van der Waals surface area contributed by atoms with E-state index in [1.165, 1.54) is 43.3 Å². The highest BCUT2D eigenvalue weighted by Gasteiger charge is 2.13. The van der Waals surface area contributed by atoms with Crippen molar-refractivity contribution in [2.45, 2.75) is 6.92 Å². The molecular formula is C21H17FN4O3. The lowest BCUT2D eigenvalue weighted by Gasteiger charge is -2.09. The molecule has 0 atom stereocenters. The fraction of sp³-hybridized carbons (Fsp3) is 0.0476. The summed E-state index contributed by atoms with van der Waals surface area (Å²) in [6, 6.07) is 16.5. The Balaban J connectivity index is 1.72. The minimum absolute atomic E-state index is 0.00825. The minimum atomic E-state index is -0.571. The molecule has 0 aliphatic carbocycles. The van der Waals surface area contributed by atoms with Gasteiger partial charge in [0.25, 0.3) is 11.8 Å². The number of nitrogens with zero attached hydrogens (tertiary/aromatic N) is 1. The Kier molecular flexibility index (Phi) is 5.94. The van der Waals surface area contributed by atoms with E-state index in [0.717, 1.165) is 0 Å². The standard InChI is InChI=1S/C21H17FN4O3/c1-13(27)23-16-7-3-8-17(12-16)25-21(29)19-10-4-9-18(26-19)20(28)24-15-6-2-5-14(22)11-15/h2-12H,1H3,(H,23,27)(H,24,28)(H,25,29). The second-order valence-corrected chi connectivity index (χ2v) is 6.09. The van der Waals surface area contributed by atoms with Crippen LogP contribution in [0.5, 0.6) is 0 Å². The number of nitrogens with one attached hydrogen (secondary N) is 3. The van der Waals surface area contributed by atoms with E-state index in [2.05, 4.69) is 20.9 Å². The van der Waals surface area contributed by atoms with Crippen molar-refractivity contribution < 1.29 is 18.8 Å². The Hall–Kier alpha value is -4.07. The zero-order valence-electron chi connectivity index (χ0n) is 15.4. The van der Waals surface area contributed by atoms with Crippen molar-refractivity contribution in [2.75, 3.05) is 16.0 Å². The first-order valence-electron chi connectivity index (χ1n) is 8.64. The Morgan fingerprint density at radius 2 is 1.21 bits per heavy atom. The summed E-state index contributed by atoms with van der Waals surface area (Å²) in [5, 5.41) is 7.81. The number of aromatic nitrogens is 1. The van der Waals surface area contributed by atoms with Crippen LogP contribution in [0.3, 0.4) is 0 Å². The molecule has 0 saturated heterocycles. The first-order valence-corrected chi connectivity index (χ1v) is 8.64. The van der Waals surface area contributed by atoms with E-state index in [9.17, 15) is 18.8 Å². The summed E-state index contributed by atoms with van der Waals surface area (Å²) in [7, 11) is 0. The molecule has 0 fully saturated rings. The van der Waals surface area contributed by atoms with E-state index in [1.807, 2.05) is 0 Å². The first-order chi connectivity index (χ1) is 13.9. The van der Waals surface area contributed by atoms with Crippen LogP contribution in [0, 0.1) is 5.82 Å². The van der Waals surface area contributed by atoms with Gasteiger partial charge in [-0.3, -0.25) is 14.4 Å². The molecule has 29 heavy (non-hydrogen) atoms. The molecule has 7 nitrogen and oxygen atoms in total. The van der Waals surface area contributed by atoms with Crippen LogP contribution in [-0.2, 0) is 4.79 Å². The maximum atomic E-state index is 13.3. The van der Waals surface area contributed by atoms with Gasteiger partial charge in [-0.1, -0.05) is 18.2 Å². The Morgan fingerprint density at radius 1 is 0.724 bits per heavy atom. The van der Waals surface area contributed by atoms with Gasteiger partial charge in [-0.15, -0.1) is 0 Å². The van der Waals surface area contributed by atoms with E-state index in [1.54, 1.807) is 30.3 Å². The smallest absolute Gasteiger partial charge is 0.274 e. The van der Waals surface area contributed by atoms with Gasteiger partial charge in [0, 0.05) is 24.0 Å². The average molecular weight is 392 g/mol. The number of halogens is 1. The zero-order chi connectivity index (χ0) is 20.8. The van der Waals surface area contributed by atoms with E-state index in [4.69, 9.17) is 0 Å². The highest BCUT2D eigenvalue weighted by molar-refractivity contribution is 6.06. The van der Waals surface area contributed by atoms with Crippen molar-refractivity contribution in [3.05, 3.63) is 83.9 Å². The van der Waals surface area contributed by atoms with Crippen LogP contribution in [0.2, 0.25) is 0 Å². The molecule has 0 spiro atoms. The summed E-state index contributed by atoms with van der Waals surface area (Å²) < 4.78 is 13.3. The lowest BCUT2D eigenvalue weighted by molar-refractivity contribution is -0.114. The van der Waals surface area contributed by atoms with Crippen LogP contribution in [0.15, 0.2) is 66.7 Å². The third kappa shape index (κ3) is 5.46. The summed E-state index contributed by atoms with van der Waals surface area (Å²) in [5.41, 5.74) is 1.31. The summed E-state index contributed by atoms with van der Waals surface area (Å²) in [6.07, 6.45) is 0. The fourth-order valence-corrected chi connectivity index (χ4v) is 2.52. The quantitative estimate of drug-likeness (QED) is 0.617. The molecule has 1 heterocycles. The van der Waals surface area contributed by atoms with Gasteiger partial charge < -0.3 is 16.0 Å². The summed E-state index contributed by atoms with van der Waals surface area (Å²) >= 11 is 0. The second kappa shape index (κ2) is 8.75. The van der Waals surface area contributed by atoms with Crippen LogP contribution in [0.4, 0.5) is 21.5 Å². The maximum Gasteiger partial charge on any atom is 0.274 e. The van der Waals surface area contributed by atoms with E-state index < -0.39 is 17.6 Å². The highest BCUT2D eigenvalue weighted by Crippen LogP contribution is 2.16. The lowest BCUT2D eigenvalue weighted by Crippen LogP contribution is -2.18. The number of carbonyl (C=O) groups excluding carboxylic acids is 3. The normalized spacial score (nSPS) is 10.1. The molecule has 8 heteroatoms. The van der Waals surface area contributed by atoms with Crippen molar-refractivity contribution in [2.24, 2.45) is 0 Å². The number of anilines is 3. The molecule has 3 N–H and O–H groups in total. The molecule has 0 bridgehead atoms. The van der Waals surface area contributed by atoms with Crippen molar-refractivity contribution >= 4 is 34.8 Å². The number of amides is 3. The van der Waals surface area contributed by atoms with E-state index in [-0.39, 0.29) is 23.0 Å². The predicted octanol–water partition coefficient (Wildman–Crippen LogP) is 3.68. The molecule has 0 unspecified atom stereocenters. The van der Waals surface area contributed by atoms with Gasteiger partial charge >= 0.3 is 0 Å². The molecule has 0 saturated carbocycles. The van der Waals surface area contributed by atoms with E-state index in [0.29, 0.717) is 11.4 Å². The number of benzene rings is 2. The molecule has 0 aliphatic heterocycles. The SMILES string of the molecule is CC(=O)Nc1cccc(NC(=O)c2cccc(C(=O)Nc3cccc(F)c3)n2)c1. The second-order valence-electron chi connectivity index (χ2n) is 6.09. The van der Waals surface area contributed by atoms with Gasteiger partial charge in [-0.25, -0.2) is 9.37 Å². The third-order valence-corrected chi connectivity index (χ3v) is 3.74. The number of rotatable bonds is 5.